The fourth-order valence-corrected chi connectivity index (χ4v) is 9.52. The van der Waals surface area contributed by atoms with E-state index in [0.717, 1.165) is 61.4 Å². The van der Waals surface area contributed by atoms with Crippen molar-refractivity contribution in [3.05, 3.63) is 187 Å². The Kier molecular flexibility index (Phi) is 6.40. The minimum atomic E-state index is -0.0787. The number of benzene rings is 9. The average Bonchev–Trinajstić information content (AvgIpc) is 3.72. The molecular formula is C53H35NO2. The van der Waals surface area contributed by atoms with Gasteiger partial charge in [0.05, 0.1) is 0 Å². The summed E-state index contributed by atoms with van der Waals surface area (Å²) in [6.45, 7) is 4.66. The van der Waals surface area contributed by atoms with Gasteiger partial charge in [-0.15, -0.1) is 0 Å². The van der Waals surface area contributed by atoms with E-state index >= 15 is 0 Å². The number of nitrogens with zero attached hydrogens (tertiary/aromatic N) is 1. The summed E-state index contributed by atoms with van der Waals surface area (Å²) < 4.78 is 13.3. The van der Waals surface area contributed by atoms with Crippen LogP contribution in [-0.2, 0) is 5.41 Å². The van der Waals surface area contributed by atoms with E-state index < -0.39 is 0 Å². The van der Waals surface area contributed by atoms with Crippen LogP contribution in [0.5, 0.6) is 11.5 Å². The molecule has 0 radical (unpaired) electrons. The smallest absolute Gasteiger partial charge is 0.137 e. The summed E-state index contributed by atoms with van der Waals surface area (Å²) in [7, 11) is 0. The molecule has 0 amide bonds. The van der Waals surface area contributed by atoms with Gasteiger partial charge in [0.2, 0.25) is 0 Å². The molecule has 0 unspecified atom stereocenters. The lowest BCUT2D eigenvalue weighted by Crippen LogP contribution is -2.15. The third-order valence-corrected chi connectivity index (χ3v) is 12.2. The average molecular weight is 718 g/mol. The number of hydrogen-bond acceptors (Lipinski definition) is 3. The van der Waals surface area contributed by atoms with Crippen molar-refractivity contribution in [1.82, 2.24) is 0 Å². The highest BCUT2D eigenvalue weighted by molar-refractivity contribution is 6.11. The first kappa shape index (κ1) is 31.3. The van der Waals surface area contributed by atoms with E-state index in [-0.39, 0.29) is 5.41 Å². The van der Waals surface area contributed by atoms with Crippen LogP contribution in [0, 0.1) is 0 Å². The first-order valence-electron chi connectivity index (χ1n) is 19.3. The van der Waals surface area contributed by atoms with Gasteiger partial charge in [0.15, 0.2) is 0 Å². The van der Waals surface area contributed by atoms with Crippen molar-refractivity contribution in [2.45, 2.75) is 19.3 Å². The molecule has 0 saturated heterocycles. The Morgan fingerprint density at radius 3 is 2.05 bits per heavy atom. The van der Waals surface area contributed by atoms with Crippen LogP contribution in [0.2, 0.25) is 0 Å². The molecule has 3 nitrogen and oxygen atoms in total. The SMILES string of the molecule is CC1(C)c2ccccc2-c2cc(N(c3ccc4c(c3)Oc3ccc(-c5ccc6ccccc6c5)c5cccc-4c35)c3ccc4c(c3)oc3ccccc34)ccc21. The minimum absolute atomic E-state index is 0.0787. The number of fused-ring (bicyclic) bond motifs is 9. The van der Waals surface area contributed by atoms with Crippen molar-refractivity contribution in [2.75, 3.05) is 4.90 Å². The molecule has 2 aliphatic rings. The summed E-state index contributed by atoms with van der Waals surface area (Å²) >= 11 is 0. The van der Waals surface area contributed by atoms with Crippen molar-refractivity contribution in [3.8, 4) is 44.9 Å². The summed E-state index contributed by atoms with van der Waals surface area (Å²) in [4.78, 5) is 2.34. The summed E-state index contributed by atoms with van der Waals surface area (Å²) in [5.74, 6) is 1.71. The van der Waals surface area contributed by atoms with Gasteiger partial charge in [0.25, 0.3) is 0 Å². The molecular weight excluding hydrogens is 683 g/mol. The quantitative estimate of drug-likeness (QED) is 0.181. The molecule has 264 valence electrons. The Labute approximate surface area is 324 Å². The summed E-state index contributed by atoms with van der Waals surface area (Å²) in [6.07, 6.45) is 0. The lowest BCUT2D eigenvalue weighted by atomic mass is 9.82. The van der Waals surface area contributed by atoms with E-state index in [1.54, 1.807) is 0 Å². The molecule has 3 heteroatoms. The lowest BCUT2D eigenvalue weighted by molar-refractivity contribution is 0.487. The van der Waals surface area contributed by atoms with Crippen LogP contribution in [0.15, 0.2) is 180 Å². The zero-order valence-electron chi connectivity index (χ0n) is 31.0. The molecule has 56 heavy (non-hydrogen) atoms. The maximum absolute atomic E-state index is 6.89. The fourth-order valence-electron chi connectivity index (χ4n) is 9.52. The highest BCUT2D eigenvalue weighted by Crippen LogP contribution is 2.53. The largest absolute Gasteiger partial charge is 0.456 e. The van der Waals surface area contributed by atoms with Gasteiger partial charge < -0.3 is 14.1 Å². The maximum Gasteiger partial charge on any atom is 0.137 e. The second-order valence-electron chi connectivity index (χ2n) is 15.7. The first-order chi connectivity index (χ1) is 27.5. The Bertz CT molecular complexity index is 3280. The maximum atomic E-state index is 6.89. The number of hydrogen-bond donors (Lipinski definition) is 0. The summed E-state index contributed by atoms with van der Waals surface area (Å²) in [5, 5.41) is 7.04. The van der Waals surface area contributed by atoms with Gasteiger partial charge in [0.1, 0.15) is 22.7 Å². The highest BCUT2D eigenvalue weighted by atomic mass is 16.5. The van der Waals surface area contributed by atoms with Crippen molar-refractivity contribution >= 4 is 60.5 Å². The third kappa shape index (κ3) is 4.46. The molecule has 1 aliphatic heterocycles. The highest BCUT2D eigenvalue weighted by Gasteiger charge is 2.35. The van der Waals surface area contributed by atoms with Crippen LogP contribution in [0.4, 0.5) is 17.1 Å². The van der Waals surface area contributed by atoms with E-state index in [9.17, 15) is 0 Å². The van der Waals surface area contributed by atoms with E-state index in [2.05, 4.69) is 183 Å². The van der Waals surface area contributed by atoms with Crippen LogP contribution in [0.25, 0.3) is 76.9 Å². The number of ether oxygens (including phenoxy) is 1. The Hall–Kier alpha value is -7.10. The first-order valence-corrected chi connectivity index (χ1v) is 19.3. The molecule has 10 aromatic rings. The van der Waals surface area contributed by atoms with Gasteiger partial charge in [-0.3, -0.25) is 0 Å². The second kappa shape index (κ2) is 11.5. The normalized spacial score (nSPS) is 13.5. The van der Waals surface area contributed by atoms with Gasteiger partial charge in [-0.25, -0.2) is 0 Å². The lowest BCUT2D eigenvalue weighted by Gasteiger charge is -2.29. The molecule has 0 fully saturated rings. The monoisotopic (exact) mass is 717 g/mol. The van der Waals surface area contributed by atoms with Crippen molar-refractivity contribution in [1.29, 1.82) is 0 Å². The molecule has 12 rings (SSSR count). The van der Waals surface area contributed by atoms with Crippen LogP contribution in [-0.4, -0.2) is 0 Å². The predicted octanol–water partition coefficient (Wildman–Crippen LogP) is 15.1. The minimum Gasteiger partial charge on any atom is -0.456 e. The van der Waals surface area contributed by atoms with Crippen molar-refractivity contribution < 1.29 is 9.15 Å². The molecule has 0 saturated carbocycles. The molecule has 1 aliphatic carbocycles. The molecule has 2 heterocycles. The van der Waals surface area contributed by atoms with Gasteiger partial charge in [-0.05, 0) is 110 Å². The Balaban J connectivity index is 1.02. The standard InChI is InChI=1S/C53H35NO2/c1-53(2)46-16-7-5-12-39(46)45-29-35(22-26-47(45)53)54(36-20-23-41-40-13-6-8-17-48(40)55-50(41)30-36)37-21-24-42-44-15-9-14-43-38(25-27-49(52(43)44)56-51(42)31-37)34-19-18-32-10-3-4-11-33(32)28-34/h3-31H,1-2H3. The van der Waals surface area contributed by atoms with Crippen molar-refractivity contribution in [3.63, 3.8) is 0 Å². The molecule has 0 spiro atoms. The van der Waals surface area contributed by atoms with E-state index in [0.29, 0.717) is 0 Å². The van der Waals surface area contributed by atoms with Crippen LogP contribution < -0.4 is 9.64 Å². The van der Waals surface area contributed by atoms with Gasteiger partial charge in [-0.2, -0.15) is 0 Å². The number of anilines is 3. The summed E-state index contributed by atoms with van der Waals surface area (Å²) in [6, 6.07) is 63.5. The number of furan rings is 1. The third-order valence-electron chi connectivity index (χ3n) is 12.2. The van der Waals surface area contributed by atoms with E-state index in [1.807, 2.05) is 12.1 Å². The fraction of sp³-hybridized carbons (Fsp3) is 0.0566. The number of para-hydroxylation sites is 1. The van der Waals surface area contributed by atoms with Crippen LogP contribution >= 0.6 is 0 Å². The van der Waals surface area contributed by atoms with Gasteiger partial charge in [-0.1, -0.05) is 123 Å². The molecule has 0 bridgehead atoms. The summed E-state index contributed by atoms with van der Waals surface area (Å²) in [5.41, 5.74) is 14.7. The number of rotatable bonds is 4. The molecule has 0 atom stereocenters. The zero-order valence-corrected chi connectivity index (χ0v) is 31.0. The second-order valence-corrected chi connectivity index (χ2v) is 15.7. The van der Waals surface area contributed by atoms with Crippen molar-refractivity contribution in [2.24, 2.45) is 0 Å². The van der Waals surface area contributed by atoms with Crippen LogP contribution in [0.1, 0.15) is 25.0 Å². The molecule has 9 aromatic carbocycles. The Morgan fingerprint density at radius 1 is 0.411 bits per heavy atom. The van der Waals surface area contributed by atoms with Gasteiger partial charge in [0, 0.05) is 56.3 Å². The molecule has 0 N–H and O–H groups in total. The van der Waals surface area contributed by atoms with E-state index in [1.165, 1.54) is 55.1 Å². The Morgan fingerprint density at radius 2 is 1.11 bits per heavy atom. The van der Waals surface area contributed by atoms with E-state index in [4.69, 9.17) is 9.15 Å². The zero-order chi connectivity index (χ0) is 37.1. The topological polar surface area (TPSA) is 25.6 Å². The molecule has 1 aromatic heterocycles. The van der Waals surface area contributed by atoms with Gasteiger partial charge >= 0.3 is 0 Å². The van der Waals surface area contributed by atoms with Crippen LogP contribution in [0.3, 0.4) is 0 Å². The predicted molar refractivity (Wildman–Crippen MR) is 232 cm³/mol.